The van der Waals surface area contributed by atoms with Gasteiger partial charge in [0.2, 0.25) is 0 Å². The molecule has 1 atom stereocenters. The number of likely N-dealkylation sites (tertiary alicyclic amines) is 1. The van der Waals surface area contributed by atoms with Crippen LogP contribution in [0.25, 0.3) is 0 Å². The van der Waals surface area contributed by atoms with E-state index < -0.39 is 6.61 Å². The molecular weight excluding hydrogens is 274 g/mol. The Balaban J connectivity index is 2.08. The van der Waals surface area contributed by atoms with Crippen LogP contribution in [0, 0.1) is 0 Å². The molecule has 0 saturated carbocycles. The van der Waals surface area contributed by atoms with Gasteiger partial charge in [-0.25, -0.2) is 0 Å². The maximum atomic E-state index is 12.3. The quantitative estimate of drug-likeness (QED) is 0.924. The topological polar surface area (TPSA) is 41.6 Å². The zero-order valence-corrected chi connectivity index (χ0v) is 11.4. The van der Waals surface area contributed by atoms with Crippen molar-refractivity contribution < 1.29 is 18.3 Å². The summed E-state index contributed by atoms with van der Waals surface area (Å²) in [6, 6.07) is 1.67. The van der Waals surface area contributed by atoms with Crippen molar-refractivity contribution in [1.82, 2.24) is 10.2 Å². The van der Waals surface area contributed by atoms with Crippen LogP contribution in [0.3, 0.4) is 0 Å². The van der Waals surface area contributed by atoms with Gasteiger partial charge in [0.15, 0.2) is 0 Å². The number of piperidine rings is 1. The minimum absolute atomic E-state index is 0.0309. The van der Waals surface area contributed by atoms with Gasteiger partial charge in [0.25, 0.3) is 5.91 Å². The summed E-state index contributed by atoms with van der Waals surface area (Å²) in [6.45, 7) is -1.66. The molecule has 106 valence electrons. The third-order valence-electron chi connectivity index (χ3n) is 3.16. The van der Waals surface area contributed by atoms with Gasteiger partial charge >= 0.3 is 6.61 Å². The van der Waals surface area contributed by atoms with Crippen LogP contribution in [0.15, 0.2) is 11.4 Å². The Labute approximate surface area is 114 Å². The molecule has 1 amide bonds. The Morgan fingerprint density at radius 3 is 3.11 bits per heavy atom. The number of alkyl halides is 2. The SMILES string of the molecule is CNC1CCCN(C(=O)c2sccc2OC(F)F)C1. The van der Waals surface area contributed by atoms with E-state index in [2.05, 4.69) is 10.1 Å². The highest BCUT2D eigenvalue weighted by molar-refractivity contribution is 7.12. The maximum Gasteiger partial charge on any atom is 0.387 e. The third-order valence-corrected chi connectivity index (χ3v) is 4.04. The minimum Gasteiger partial charge on any atom is -0.433 e. The Bertz CT molecular complexity index is 439. The number of hydrogen-bond acceptors (Lipinski definition) is 4. The second-order valence-electron chi connectivity index (χ2n) is 4.37. The molecule has 0 spiro atoms. The highest BCUT2D eigenvalue weighted by atomic mass is 32.1. The molecule has 0 aromatic carbocycles. The van der Waals surface area contributed by atoms with E-state index in [0.717, 1.165) is 24.2 Å². The van der Waals surface area contributed by atoms with E-state index in [0.29, 0.717) is 13.1 Å². The first-order chi connectivity index (χ1) is 9.11. The molecule has 1 aliphatic heterocycles. The summed E-state index contributed by atoms with van der Waals surface area (Å²) in [4.78, 5) is 14.2. The molecule has 0 radical (unpaired) electrons. The number of ether oxygens (including phenoxy) is 1. The van der Waals surface area contributed by atoms with Crippen LogP contribution in [-0.2, 0) is 0 Å². The molecular formula is C12H16F2N2O2S. The normalized spacial score (nSPS) is 19.8. The van der Waals surface area contributed by atoms with Gasteiger partial charge in [0, 0.05) is 19.1 Å². The van der Waals surface area contributed by atoms with Crippen LogP contribution in [0.2, 0.25) is 0 Å². The molecule has 2 heterocycles. The number of likely N-dealkylation sites (N-methyl/N-ethyl adjacent to an activating group) is 1. The fraction of sp³-hybridized carbons (Fsp3) is 0.583. The van der Waals surface area contributed by atoms with E-state index in [9.17, 15) is 13.6 Å². The van der Waals surface area contributed by atoms with Crippen molar-refractivity contribution in [2.75, 3.05) is 20.1 Å². The molecule has 0 bridgehead atoms. The Morgan fingerprint density at radius 2 is 2.42 bits per heavy atom. The van der Waals surface area contributed by atoms with E-state index in [1.807, 2.05) is 7.05 Å². The van der Waals surface area contributed by atoms with Crippen molar-refractivity contribution in [3.8, 4) is 5.75 Å². The van der Waals surface area contributed by atoms with Crippen molar-refractivity contribution in [2.45, 2.75) is 25.5 Å². The molecule has 1 aromatic heterocycles. The smallest absolute Gasteiger partial charge is 0.387 e. The zero-order chi connectivity index (χ0) is 13.8. The Morgan fingerprint density at radius 1 is 1.63 bits per heavy atom. The lowest BCUT2D eigenvalue weighted by Crippen LogP contribution is -2.46. The summed E-state index contributed by atoms with van der Waals surface area (Å²) in [6.07, 6.45) is 1.93. The predicted octanol–water partition coefficient (Wildman–Crippen LogP) is 2.17. The monoisotopic (exact) mass is 290 g/mol. The van der Waals surface area contributed by atoms with Gasteiger partial charge in [-0.1, -0.05) is 0 Å². The van der Waals surface area contributed by atoms with Gasteiger partial charge < -0.3 is 15.0 Å². The van der Waals surface area contributed by atoms with Gasteiger partial charge in [0.05, 0.1) is 0 Å². The zero-order valence-electron chi connectivity index (χ0n) is 10.6. The molecule has 1 aliphatic rings. The molecule has 1 aromatic rings. The average molecular weight is 290 g/mol. The van der Waals surface area contributed by atoms with E-state index in [-0.39, 0.29) is 22.6 Å². The van der Waals surface area contributed by atoms with Crippen LogP contribution in [0.1, 0.15) is 22.5 Å². The highest BCUT2D eigenvalue weighted by Gasteiger charge is 2.27. The summed E-state index contributed by atoms with van der Waals surface area (Å²) < 4.78 is 28.9. The molecule has 19 heavy (non-hydrogen) atoms. The lowest BCUT2D eigenvalue weighted by molar-refractivity contribution is -0.0499. The number of nitrogens with zero attached hydrogens (tertiary/aromatic N) is 1. The van der Waals surface area contributed by atoms with Crippen LogP contribution in [0.5, 0.6) is 5.75 Å². The standard InChI is InChI=1S/C12H16F2N2O2S/c1-15-8-3-2-5-16(7-8)11(17)10-9(4-6-19-10)18-12(13)14/h4,6,8,12,15H,2-3,5,7H2,1H3. The number of hydrogen-bond donors (Lipinski definition) is 1. The molecule has 0 aliphatic carbocycles. The van der Waals surface area contributed by atoms with Crippen molar-refractivity contribution >= 4 is 17.2 Å². The minimum atomic E-state index is -2.91. The van der Waals surface area contributed by atoms with Gasteiger partial charge in [-0.05, 0) is 31.3 Å². The number of nitrogens with one attached hydrogen (secondary N) is 1. The molecule has 1 fully saturated rings. The predicted molar refractivity (Wildman–Crippen MR) is 68.9 cm³/mol. The first-order valence-electron chi connectivity index (χ1n) is 6.10. The Hall–Kier alpha value is -1.21. The van der Waals surface area contributed by atoms with E-state index in [1.54, 1.807) is 10.3 Å². The van der Waals surface area contributed by atoms with Crippen molar-refractivity contribution in [1.29, 1.82) is 0 Å². The molecule has 7 heteroatoms. The number of carbonyl (C=O) groups excluding carboxylic acids is 1. The third kappa shape index (κ3) is 3.42. The lowest BCUT2D eigenvalue weighted by Gasteiger charge is -2.32. The van der Waals surface area contributed by atoms with E-state index in [4.69, 9.17) is 0 Å². The van der Waals surface area contributed by atoms with E-state index in [1.165, 1.54) is 6.07 Å². The van der Waals surface area contributed by atoms with Gasteiger partial charge in [-0.3, -0.25) is 4.79 Å². The largest absolute Gasteiger partial charge is 0.433 e. The lowest BCUT2D eigenvalue weighted by atomic mass is 10.1. The highest BCUT2D eigenvalue weighted by Crippen LogP contribution is 2.28. The number of halogens is 2. The maximum absolute atomic E-state index is 12.3. The Kier molecular flexibility index (Phi) is 4.71. The first-order valence-corrected chi connectivity index (χ1v) is 6.98. The number of amides is 1. The summed E-state index contributed by atoms with van der Waals surface area (Å²) in [7, 11) is 1.86. The molecule has 2 rings (SSSR count). The van der Waals surface area contributed by atoms with Crippen LogP contribution < -0.4 is 10.1 Å². The van der Waals surface area contributed by atoms with Gasteiger partial charge in [-0.2, -0.15) is 8.78 Å². The fourth-order valence-electron chi connectivity index (χ4n) is 2.18. The molecule has 1 N–H and O–H groups in total. The van der Waals surface area contributed by atoms with Gasteiger partial charge in [0.1, 0.15) is 10.6 Å². The number of rotatable bonds is 4. The summed E-state index contributed by atoms with van der Waals surface area (Å²) in [5, 5.41) is 4.73. The molecule has 1 unspecified atom stereocenters. The fourth-order valence-corrected chi connectivity index (χ4v) is 2.97. The van der Waals surface area contributed by atoms with Gasteiger partial charge in [-0.15, -0.1) is 11.3 Å². The first kappa shape index (κ1) is 14.2. The van der Waals surface area contributed by atoms with E-state index >= 15 is 0 Å². The summed E-state index contributed by atoms with van der Waals surface area (Å²) in [5.41, 5.74) is 0. The summed E-state index contributed by atoms with van der Waals surface area (Å²) in [5.74, 6) is -0.262. The van der Waals surface area contributed by atoms with Crippen LogP contribution >= 0.6 is 11.3 Å². The van der Waals surface area contributed by atoms with Crippen molar-refractivity contribution in [2.24, 2.45) is 0 Å². The average Bonchev–Trinajstić information content (AvgIpc) is 2.85. The molecule has 1 saturated heterocycles. The second-order valence-corrected chi connectivity index (χ2v) is 5.29. The molecule has 4 nitrogen and oxygen atoms in total. The number of thiophene rings is 1. The van der Waals surface area contributed by atoms with Crippen LogP contribution in [-0.4, -0.2) is 43.6 Å². The second kappa shape index (κ2) is 6.29. The number of carbonyl (C=O) groups is 1. The summed E-state index contributed by atoms with van der Waals surface area (Å²) >= 11 is 1.13. The van der Waals surface area contributed by atoms with Crippen molar-refractivity contribution in [3.05, 3.63) is 16.3 Å². The van der Waals surface area contributed by atoms with Crippen LogP contribution in [0.4, 0.5) is 8.78 Å². The van der Waals surface area contributed by atoms with Crippen molar-refractivity contribution in [3.63, 3.8) is 0 Å².